The van der Waals surface area contributed by atoms with Crippen LogP contribution in [0.25, 0.3) is 0 Å². The van der Waals surface area contributed by atoms with Crippen LogP contribution in [0.2, 0.25) is 0 Å². The number of nitrogens with zero attached hydrogens (tertiary/aromatic N) is 3. The van der Waals surface area contributed by atoms with E-state index in [1.165, 1.54) is 11.1 Å². The molecule has 1 aliphatic rings. The molecule has 0 saturated carbocycles. The number of rotatable bonds is 6. The molecule has 2 heterocycles. The van der Waals surface area contributed by atoms with Crippen LogP contribution in [-0.4, -0.2) is 47.0 Å². The SMILES string of the molecule is O=C(NC(c1ccccc1)c1ccccc1)N1CCN(C(c2ccccc2)c2cccnc2)CC1. The van der Waals surface area contributed by atoms with Crippen LogP contribution in [0.3, 0.4) is 0 Å². The fraction of sp³-hybridized carbons (Fsp3) is 0.200. The van der Waals surface area contributed by atoms with E-state index in [4.69, 9.17) is 0 Å². The van der Waals surface area contributed by atoms with E-state index in [0.717, 1.165) is 24.2 Å². The maximum atomic E-state index is 13.4. The Morgan fingerprint density at radius 2 is 1.17 bits per heavy atom. The van der Waals surface area contributed by atoms with E-state index in [0.29, 0.717) is 13.1 Å². The summed E-state index contributed by atoms with van der Waals surface area (Å²) in [5, 5.41) is 3.29. The lowest BCUT2D eigenvalue weighted by molar-refractivity contribution is 0.119. The molecule has 0 bridgehead atoms. The third-order valence-corrected chi connectivity index (χ3v) is 6.62. The van der Waals surface area contributed by atoms with Gasteiger partial charge < -0.3 is 10.2 Å². The zero-order valence-corrected chi connectivity index (χ0v) is 19.7. The van der Waals surface area contributed by atoms with Crippen molar-refractivity contribution in [3.05, 3.63) is 138 Å². The summed E-state index contributed by atoms with van der Waals surface area (Å²) in [6.07, 6.45) is 3.75. The molecular weight excluding hydrogens is 432 g/mol. The first-order chi connectivity index (χ1) is 17.3. The molecule has 1 aromatic heterocycles. The fourth-order valence-electron chi connectivity index (χ4n) is 4.84. The highest BCUT2D eigenvalue weighted by atomic mass is 16.2. The number of aromatic nitrogens is 1. The van der Waals surface area contributed by atoms with Crippen molar-refractivity contribution in [2.45, 2.75) is 12.1 Å². The van der Waals surface area contributed by atoms with E-state index >= 15 is 0 Å². The highest BCUT2D eigenvalue weighted by Gasteiger charge is 2.29. The average Bonchev–Trinajstić information content (AvgIpc) is 2.94. The van der Waals surface area contributed by atoms with E-state index in [-0.39, 0.29) is 18.1 Å². The number of pyridine rings is 1. The summed E-state index contributed by atoms with van der Waals surface area (Å²) < 4.78 is 0. The molecule has 1 atom stereocenters. The van der Waals surface area contributed by atoms with Gasteiger partial charge in [-0.15, -0.1) is 0 Å². The molecule has 1 N–H and O–H groups in total. The van der Waals surface area contributed by atoms with Crippen LogP contribution in [0, 0.1) is 0 Å². The molecule has 1 unspecified atom stereocenters. The van der Waals surface area contributed by atoms with Gasteiger partial charge in [-0.3, -0.25) is 9.88 Å². The number of carbonyl (C=O) groups excluding carboxylic acids is 1. The normalized spacial score (nSPS) is 15.1. The van der Waals surface area contributed by atoms with Crippen molar-refractivity contribution in [2.24, 2.45) is 0 Å². The molecule has 0 radical (unpaired) electrons. The number of hydrogen-bond donors (Lipinski definition) is 1. The first-order valence-corrected chi connectivity index (χ1v) is 12.1. The van der Waals surface area contributed by atoms with Crippen LogP contribution < -0.4 is 5.32 Å². The summed E-state index contributed by atoms with van der Waals surface area (Å²) in [7, 11) is 0. The van der Waals surface area contributed by atoms with Gasteiger partial charge in [0.05, 0.1) is 12.1 Å². The van der Waals surface area contributed by atoms with Gasteiger partial charge >= 0.3 is 6.03 Å². The molecule has 0 spiro atoms. The monoisotopic (exact) mass is 462 g/mol. The topological polar surface area (TPSA) is 48.5 Å². The minimum Gasteiger partial charge on any atom is -0.327 e. The summed E-state index contributed by atoms with van der Waals surface area (Å²) in [6.45, 7) is 2.93. The summed E-state index contributed by atoms with van der Waals surface area (Å²) in [6, 6.07) is 34.9. The highest BCUT2D eigenvalue weighted by Crippen LogP contribution is 2.29. The second-order valence-electron chi connectivity index (χ2n) is 8.83. The zero-order valence-electron chi connectivity index (χ0n) is 19.7. The van der Waals surface area contributed by atoms with Crippen LogP contribution in [-0.2, 0) is 0 Å². The van der Waals surface area contributed by atoms with Crippen LogP contribution >= 0.6 is 0 Å². The van der Waals surface area contributed by atoms with Gasteiger partial charge in [0.2, 0.25) is 0 Å². The quantitative estimate of drug-likeness (QED) is 0.424. The minimum absolute atomic E-state index is 0.0278. The molecule has 176 valence electrons. The number of nitrogens with one attached hydrogen (secondary N) is 1. The van der Waals surface area contributed by atoms with Gasteiger partial charge in [0.15, 0.2) is 0 Å². The van der Waals surface area contributed by atoms with E-state index in [9.17, 15) is 4.79 Å². The zero-order chi connectivity index (χ0) is 23.9. The molecule has 2 amide bonds. The average molecular weight is 463 g/mol. The third-order valence-electron chi connectivity index (χ3n) is 6.62. The van der Waals surface area contributed by atoms with E-state index in [2.05, 4.69) is 69.8 Å². The lowest BCUT2D eigenvalue weighted by Crippen LogP contribution is -2.53. The van der Waals surface area contributed by atoms with E-state index in [1.807, 2.05) is 65.8 Å². The number of piperazine rings is 1. The molecule has 5 rings (SSSR count). The van der Waals surface area contributed by atoms with Gasteiger partial charge in [0.1, 0.15) is 0 Å². The van der Waals surface area contributed by atoms with Gasteiger partial charge in [-0.25, -0.2) is 4.79 Å². The second-order valence-corrected chi connectivity index (χ2v) is 8.83. The summed E-state index contributed by atoms with van der Waals surface area (Å²) >= 11 is 0. The van der Waals surface area contributed by atoms with Gasteiger partial charge in [-0.05, 0) is 28.3 Å². The van der Waals surface area contributed by atoms with Crippen molar-refractivity contribution < 1.29 is 4.79 Å². The number of hydrogen-bond acceptors (Lipinski definition) is 3. The summed E-state index contributed by atoms with van der Waals surface area (Å²) in [4.78, 5) is 22.1. The Morgan fingerprint density at radius 3 is 1.69 bits per heavy atom. The largest absolute Gasteiger partial charge is 0.327 e. The maximum Gasteiger partial charge on any atom is 0.318 e. The Hall–Kier alpha value is -3.96. The lowest BCUT2D eigenvalue weighted by Gasteiger charge is -2.40. The molecule has 1 saturated heterocycles. The Balaban J connectivity index is 1.30. The Morgan fingerprint density at radius 1 is 0.657 bits per heavy atom. The predicted molar refractivity (Wildman–Crippen MR) is 139 cm³/mol. The van der Waals surface area contributed by atoms with Crippen molar-refractivity contribution in [3.63, 3.8) is 0 Å². The van der Waals surface area contributed by atoms with Crippen molar-refractivity contribution in [1.82, 2.24) is 20.1 Å². The van der Waals surface area contributed by atoms with Gasteiger partial charge in [-0.2, -0.15) is 0 Å². The summed E-state index contributed by atoms with van der Waals surface area (Å²) in [5.74, 6) is 0. The number of amides is 2. The van der Waals surface area contributed by atoms with Gasteiger partial charge in [-0.1, -0.05) is 97.1 Å². The van der Waals surface area contributed by atoms with Crippen LogP contribution in [0.5, 0.6) is 0 Å². The first kappa shape index (κ1) is 22.8. The molecule has 3 aromatic carbocycles. The second kappa shape index (κ2) is 11.0. The number of benzene rings is 3. The summed E-state index contributed by atoms with van der Waals surface area (Å²) in [5.41, 5.74) is 4.56. The van der Waals surface area contributed by atoms with Crippen LogP contribution in [0.15, 0.2) is 116 Å². The smallest absolute Gasteiger partial charge is 0.318 e. The Kier molecular flexibility index (Phi) is 7.16. The molecule has 5 heteroatoms. The highest BCUT2D eigenvalue weighted by molar-refractivity contribution is 5.75. The van der Waals surface area contributed by atoms with E-state index in [1.54, 1.807) is 0 Å². The number of carbonyl (C=O) groups is 1. The van der Waals surface area contributed by atoms with Crippen LogP contribution in [0.1, 0.15) is 34.3 Å². The Labute approximate surface area is 207 Å². The lowest BCUT2D eigenvalue weighted by atomic mass is 9.97. The molecule has 35 heavy (non-hydrogen) atoms. The van der Waals surface area contributed by atoms with Crippen molar-refractivity contribution >= 4 is 6.03 Å². The van der Waals surface area contributed by atoms with Gasteiger partial charge in [0, 0.05) is 38.6 Å². The molecule has 0 aliphatic carbocycles. The minimum atomic E-state index is -0.185. The molecule has 4 aromatic rings. The Bertz CT molecular complexity index is 1120. The first-order valence-electron chi connectivity index (χ1n) is 12.1. The molecular formula is C30H30N4O. The third kappa shape index (κ3) is 5.42. The van der Waals surface area contributed by atoms with Crippen molar-refractivity contribution in [2.75, 3.05) is 26.2 Å². The molecule has 5 nitrogen and oxygen atoms in total. The van der Waals surface area contributed by atoms with E-state index < -0.39 is 0 Å². The maximum absolute atomic E-state index is 13.4. The predicted octanol–water partition coefficient (Wildman–Crippen LogP) is 5.29. The standard InChI is InChI=1S/C30H30N4O/c35-30(32-28(24-11-4-1-5-12-24)25-13-6-2-7-14-25)34-21-19-33(20-22-34)29(26-15-8-3-9-16-26)27-17-10-18-31-23-27/h1-18,23,28-29H,19-22H2,(H,32,35). The fourth-order valence-corrected chi connectivity index (χ4v) is 4.84. The van der Waals surface area contributed by atoms with Crippen LogP contribution in [0.4, 0.5) is 4.79 Å². The van der Waals surface area contributed by atoms with Crippen molar-refractivity contribution in [3.8, 4) is 0 Å². The van der Waals surface area contributed by atoms with Gasteiger partial charge in [0.25, 0.3) is 0 Å². The molecule has 1 aliphatic heterocycles. The molecule has 1 fully saturated rings. The number of urea groups is 1. The van der Waals surface area contributed by atoms with Crippen molar-refractivity contribution in [1.29, 1.82) is 0 Å².